The first kappa shape index (κ1) is 20.7. The molecule has 0 bridgehead atoms. The van der Waals surface area contributed by atoms with Gasteiger partial charge in [-0.2, -0.15) is 0 Å². The predicted molar refractivity (Wildman–Crippen MR) is 115 cm³/mol. The van der Waals surface area contributed by atoms with Crippen LogP contribution in [0.3, 0.4) is 0 Å². The second-order valence-corrected chi connectivity index (χ2v) is 9.39. The molecule has 2 aromatic rings. The number of carbonyl (C=O) groups excluding carboxylic acids is 2. The average Bonchev–Trinajstić information content (AvgIpc) is 3.40. The highest BCUT2D eigenvalue weighted by molar-refractivity contribution is 8.01. The number of aromatic nitrogens is 2. The minimum atomic E-state index is -0.0161. The van der Waals surface area contributed by atoms with Crippen LogP contribution in [0, 0.1) is 0 Å². The van der Waals surface area contributed by atoms with E-state index in [9.17, 15) is 9.59 Å². The Morgan fingerprint density at radius 1 is 1.17 bits per heavy atom. The monoisotopic (exact) mass is 449 g/mol. The van der Waals surface area contributed by atoms with E-state index in [0.29, 0.717) is 49.0 Å². The maximum Gasteiger partial charge on any atom is 0.254 e. The number of hydrogen-bond donors (Lipinski definition) is 1. The molecule has 30 heavy (non-hydrogen) atoms. The molecule has 1 N–H and O–H groups in total. The Balaban J connectivity index is 1.29. The maximum atomic E-state index is 12.8. The smallest absolute Gasteiger partial charge is 0.254 e. The summed E-state index contributed by atoms with van der Waals surface area (Å²) in [7, 11) is 0. The van der Waals surface area contributed by atoms with E-state index in [1.54, 1.807) is 18.2 Å². The Morgan fingerprint density at radius 3 is 2.70 bits per heavy atom. The molecule has 0 radical (unpaired) electrons. The van der Waals surface area contributed by atoms with Crippen molar-refractivity contribution in [2.45, 2.75) is 24.2 Å². The second-order valence-electron chi connectivity index (χ2n) is 7.21. The highest BCUT2D eigenvalue weighted by atomic mass is 32.2. The van der Waals surface area contributed by atoms with Crippen LogP contribution >= 0.6 is 23.1 Å². The quantitative estimate of drug-likeness (QED) is 0.668. The number of thioether (sulfide) groups is 1. The van der Waals surface area contributed by atoms with Crippen molar-refractivity contribution in [3.05, 3.63) is 23.8 Å². The lowest BCUT2D eigenvalue weighted by Crippen LogP contribution is -2.48. The van der Waals surface area contributed by atoms with Gasteiger partial charge >= 0.3 is 0 Å². The number of hydrogen-bond acceptors (Lipinski definition) is 9. The Hall–Kier alpha value is -2.53. The number of rotatable bonds is 6. The number of fused-ring (bicyclic) bond motifs is 1. The van der Waals surface area contributed by atoms with Crippen LogP contribution in [-0.2, 0) is 4.79 Å². The molecule has 0 atom stereocenters. The fourth-order valence-corrected chi connectivity index (χ4v) is 4.90. The number of nitrogens with zero attached hydrogens (tertiary/aromatic N) is 4. The molecule has 1 fully saturated rings. The molecule has 1 saturated heterocycles. The van der Waals surface area contributed by atoms with Crippen LogP contribution in [-0.4, -0.2) is 71.7 Å². The minimum Gasteiger partial charge on any atom is -0.454 e. The van der Waals surface area contributed by atoms with Crippen LogP contribution in [0.2, 0.25) is 0 Å². The van der Waals surface area contributed by atoms with Gasteiger partial charge in [-0.25, -0.2) is 0 Å². The molecule has 0 saturated carbocycles. The van der Waals surface area contributed by atoms with Crippen molar-refractivity contribution in [2.75, 3.05) is 43.6 Å². The molecular formula is C19H23N5O4S2. The zero-order valence-corrected chi connectivity index (χ0v) is 18.4. The number of anilines is 1. The summed E-state index contributed by atoms with van der Waals surface area (Å²) in [5.41, 5.74) is 0.599. The van der Waals surface area contributed by atoms with Crippen molar-refractivity contribution in [1.29, 1.82) is 0 Å². The van der Waals surface area contributed by atoms with Crippen LogP contribution in [0.1, 0.15) is 24.2 Å². The molecule has 0 spiro atoms. The molecule has 2 aliphatic rings. The fourth-order valence-electron chi connectivity index (χ4n) is 3.19. The van der Waals surface area contributed by atoms with E-state index >= 15 is 0 Å². The van der Waals surface area contributed by atoms with Crippen molar-refractivity contribution in [3.8, 4) is 11.5 Å². The zero-order valence-electron chi connectivity index (χ0n) is 16.8. The lowest BCUT2D eigenvalue weighted by molar-refractivity contribution is -0.119. The third-order valence-corrected chi connectivity index (χ3v) is 6.75. The molecule has 11 heteroatoms. The minimum absolute atomic E-state index is 0.0117. The third kappa shape index (κ3) is 4.78. The molecular weight excluding hydrogens is 426 g/mol. The van der Waals surface area contributed by atoms with Gasteiger partial charge in [0.15, 0.2) is 15.8 Å². The molecule has 1 aromatic heterocycles. The zero-order chi connectivity index (χ0) is 21.1. The second kappa shape index (κ2) is 9.09. The first-order chi connectivity index (χ1) is 14.5. The van der Waals surface area contributed by atoms with Crippen LogP contribution in [0.25, 0.3) is 0 Å². The van der Waals surface area contributed by atoms with Crippen molar-refractivity contribution < 1.29 is 19.1 Å². The predicted octanol–water partition coefficient (Wildman–Crippen LogP) is 1.85. The summed E-state index contributed by atoms with van der Waals surface area (Å²) in [6.07, 6.45) is 0. The Labute approximate surface area is 182 Å². The largest absolute Gasteiger partial charge is 0.454 e. The van der Waals surface area contributed by atoms with Crippen LogP contribution in [0.4, 0.5) is 5.13 Å². The molecule has 9 nitrogen and oxygen atoms in total. The highest BCUT2D eigenvalue weighted by Crippen LogP contribution is 2.33. The standard InChI is InChI=1S/C19H23N5O4S2/c1-12(2)20-16(25)10-29-19-22-21-18(30-19)24-7-5-23(6-8-24)17(26)13-3-4-14-15(9-13)28-11-27-14/h3-4,9,12H,5-8,10-11H2,1-2H3,(H,20,25). The van der Waals surface area contributed by atoms with Gasteiger partial charge in [0.25, 0.3) is 5.91 Å². The fraction of sp³-hybridized carbons (Fsp3) is 0.474. The lowest BCUT2D eigenvalue weighted by Gasteiger charge is -2.34. The molecule has 0 unspecified atom stereocenters. The summed E-state index contributed by atoms with van der Waals surface area (Å²) in [6.45, 7) is 6.63. The van der Waals surface area contributed by atoms with Crippen molar-refractivity contribution in [3.63, 3.8) is 0 Å². The molecule has 4 rings (SSSR count). The molecule has 3 heterocycles. The Kier molecular flexibility index (Phi) is 6.28. The first-order valence-electron chi connectivity index (χ1n) is 9.69. The summed E-state index contributed by atoms with van der Waals surface area (Å²) >= 11 is 2.86. The molecule has 0 aliphatic carbocycles. The molecule has 1 aromatic carbocycles. The highest BCUT2D eigenvalue weighted by Gasteiger charge is 2.25. The molecule has 2 amide bonds. The third-order valence-electron chi connectivity index (χ3n) is 4.63. The van der Waals surface area contributed by atoms with E-state index in [1.807, 2.05) is 18.7 Å². The summed E-state index contributed by atoms with van der Waals surface area (Å²) in [4.78, 5) is 28.6. The summed E-state index contributed by atoms with van der Waals surface area (Å²) < 4.78 is 11.4. The van der Waals surface area contributed by atoms with Crippen molar-refractivity contribution >= 4 is 40.0 Å². The number of amides is 2. The van der Waals surface area contributed by atoms with Gasteiger partial charge in [0.2, 0.25) is 17.8 Å². The van der Waals surface area contributed by atoms with Crippen molar-refractivity contribution in [1.82, 2.24) is 20.4 Å². The van der Waals surface area contributed by atoms with Gasteiger partial charge in [0.1, 0.15) is 0 Å². The van der Waals surface area contributed by atoms with Gasteiger partial charge in [-0.15, -0.1) is 10.2 Å². The van der Waals surface area contributed by atoms with E-state index < -0.39 is 0 Å². The molecule has 2 aliphatic heterocycles. The van der Waals surface area contributed by atoms with E-state index in [0.717, 1.165) is 9.47 Å². The van der Waals surface area contributed by atoms with Gasteiger partial charge in [-0.3, -0.25) is 9.59 Å². The van der Waals surface area contributed by atoms with Gasteiger partial charge in [-0.05, 0) is 32.0 Å². The number of piperazine rings is 1. The maximum absolute atomic E-state index is 12.8. The Bertz CT molecular complexity index is 927. The van der Waals surface area contributed by atoms with E-state index in [1.165, 1.54) is 23.1 Å². The first-order valence-corrected chi connectivity index (χ1v) is 11.5. The van der Waals surface area contributed by atoms with Crippen LogP contribution < -0.4 is 19.7 Å². The number of ether oxygens (including phenoxy) is 2. The van der Waals surface area contributed by atoms with Crippen LogP contribution in [0.15, 0.2) is 22.5 Å². The van der Waals surface area contributed by atoms with Gasteiger partial charge in [0, 0.05) is 37.8 Å². The average molecular weight is 450 g/mol. The van der Waals surface area contributed by atoms with E-state index in [4.69, 9.17) is 9.47 Å². The molecule has 160 valence electrons. The number of benzene rings is 1. The Morgan fingerprint density at radius 2 is 1.93 bits per heavy atom. The topological polar surface area (TPSA) is 96.9 Å². The number of nitrogens with one attached hydrogen (secondary N) is 1. The lowest BCUT2D eigenvalue weighted by atomic mass is 10.1. The van der Waals surface area contributed by atoms with Gasteiger partial charge in [-0.1, -0.05) is 23.1 Å². The summed E-state index contributed by atoms with van der Waals surface area (Å²) in [5.74, 6) is 1.58. The van der Waals surface area contributed by atoms with E-state index in [-0.39, 0.29) is 24.6 Å². The van der Waals surface area contributed by atoms with Crippen LogP contribution in [0.5, 0.6) is 11.5 Å². The summed E-state index contributed by atoms with van der Waals surface area (Å²) in [5, 5.41) is 12.1. The summed E-state index contributed by atoms with van der Waals surface area (Å²) in [6, 6.07) is 5.40. The number of carbonyl (C=O) groups is 2. The SMILES string of the molecule is CC(C)NC(=O)CSc1nnc(N2CCN(C(=O)c3ccc4c(c3)OCO4)CC2)s1. The van der Waals surface area contributed by atoms with Crippen molar-refractivity contribution in [2.24, 2.45) is 0 Å². The van der Waals surface area contributed by atoms with Gasteiger partial charge in [0.05, 0.1) is 5.75 Å². The van der Waals surface area contributed by atoms with E-state index in [2.05, 4.69) is 20.4 Å². The normalized spacial score (nSPS) is 15.6. The van der Waals surface area contributed by atoms with Gasteiger partial charge < -0.3 is 24.6 Å².